The summed E-state index contributed by atoms with van der Waals surface area (Å²) >= 11 is 3.53. The summed E-state index contributed by atoms with van der Waals surface area (Å²) in [4.78, 5) is 0. The fourth-order valence-corrected chi connectivity index (χ4v) is 2.95. The van der Waals surface area contributed by atoms with E-state index in [1.165, 1.54) is 11.1 Å². The lowest BCUT2D eigenvalue weighted by atomic mass is 9.98. The molecule has 0 bridgehead atoms. The highest BCUT2D eigenvalue weighted by Gasteiger charge is 2.15. The number of halogens is 1. The summed E-state index contributed by atoms with van der Waals surface area (Å²) < 4.78 is 6.24. The largest absolute Gasteiger partial charge is 0.496 e. The van der Waals surface area contributed by atoms with Crippen LogP contribution in [-0.4, -0.2) is 24.4 Å². The van der Waals surface area contributed by atoms with Crippen molar-refractivity contribution in [3.8, 4) is 5.75 Å². The number of nitrogens with zero attached hydrogens (tertiary/aromatic N) is 2. The number of likely N-dealkylation sites (N-methyl/N-ethyl adjacent to an activating group) is 1. The highest BCUT2D eigenvalue weighted by atomic mass is 79.9. The Kier molecular flexibility index (Phi) is 5.31. The number of nitrogens with one attached hydrogen (secondary N) is 1. The lowest BCUT2D eigenvalue weighted by molar-refractivity contribution is 0.412. The maximum atomic E-state index is 5.27. The van der Waals surface area contributed by atoms with Crippen molar-refractivity contribution in [1.29, 1.82) is 0 Å². The van der Waals surface area contributed by atoms with Crippen LogP contribution in [0.3, 0.4) is 0 Å². The van der Waals surface area contributed by atoms with Crippen LogP contribution in [0.15, 0.2) is 28.7 Å². The van der Waals surface area contributed by atoms with Crippen LogP contribution in [0.2, 0.25) is 0 Å². The Morgan fingerprint density at radius 1 is 1.24 bits per heavy atom. The molecular weight excluding hydrogens is 330 g/mol. The van der Waals surface area contributed by atoms with Crippen LogP contribution in [0.4, 0.5) is 0 Å². The standard InChI is InChI=1S/C16H20BrN3O/c1-10-7-13(11(2)20-19-10)15(18-3)9-12-5-6-16(21-4)14(17)8-12/h5-8,15,18H,9H2,1-4H3. The zero-order valence-corrected chi connectivity index (χ0v) is 14.4. The molecule has 0 saturated carbocycles. The minimum absolute atomic E-state index is 0.208. The molecule has 1 aromatic carbocycles. The number of rotatable bonds is 5. The van der Waals surface area contributed by atoms with Gasteiger partial charge in [-0.2, -0.15) is 10.2 Å². The topological polar surface area (TPSA) is 47.0 Å². The van der Waals surface area contributed by atoms with Gasteiger partial charge in [-0.05, 0) is 72.6 Å². The number of ether oxygens (including phenoxy) is 1. The maximum Gasteiger partial charge on any atom is 0.133 e. The van der Waals surface area contributed by atoms with Crippen LogP contribution in [0.25, 0.3) is 0 Å². The van der Waals surface area contributed by atoms with Crippen LogP contribution < -0.4 is 10.1 Å². The zero-order chi connectivity index (χ0) is 15.4. The molecule has 1 aromatic heterocycles. The smallest absolute Gasteiger partial charge is 0.133 e. The van der Waals surface area contributed by atoms with Crippen molar-refractivity contribution in [2.45, 2.75) is 26.3 Å². The minimum Gasteiger partial charge on any atom is -0.496 e. The van der Waals surface area contributed by atoms with E-state index in [1.54, 1.807) is 7.11 Å². The highest BCUT2D eigenvalue weighted by molar-refractivity contribution is 9.10. The van der Waals surface area contributed by atoms with Gasteiger partial charge in [-0.3, -0.25) is 0 Å². The first-order chi connectivity index (χ1) is 10.0. The van der Waals surface area contributed by atoms with E-state index in [0.29, 0.717) is 0 Å². The van der Waals surface area contributed by atoms with E-state index in [9.17, 15) is 0 Å². The van der Waals surface area contributed by atoms with E-state index in [2.05, 4.69) is 49.6 Å². The normalized spacial score (nSPS) is 12.2. The molecule has 1 atom stereocenters. The first-order valence-electron chi connectivity index (χ1n) is 6.85. The first-order valence-corrected chi connectivity index (χ1v) is 7.65. The molecular formula is C16H20BrN3O. The molecule has 0 amide bonds. The third kappa shape index (κ3) is 3.80. The van der Waals surface area contributed by atoms with Crippen molar-refractivity contribution in [2.75, 3.05) is 14.2 Å². The molecule has 21 heavy (non-hydrogen) atoms. The molecule has 0 radical (unpaired) electrons. The molecule has 112 valence electrons. The molecule has 0 aliphatic carbocycles. The average molecular weight is 350 g/mol. The Hall–Kier alpha value is -1.46. The number of aromatic nitrogens is 2. The quantitative estimate of drug-likeness (QED) is 0.898. The van der Waals surface area contributed by atoms with Crippen LogP contribution in [0.5, 0.6) is 5.75 Å². The van der Waals surface area contributed by atoms with Gasteiger partial charge in [-0.15, -0.1) is 0 Å². The molecule has 4 nitrogen and oxygen atoms in total. The fraction of sp³-hybridized carbons (Fsp3) is 0.375. The summed E-state index contributed by atoms with van der Waals surface area (Å²) in [5, 5.41) is 11.7. The second-order valence-corrected chi connectivity index (χ2v) is 5.90. The van der Waals surface area contributed by atoms with Crippen LogP contribution in [-0.2, 0) is 6.42 Å². The third-order valence-electron chi connectivity index (χ3n) is 3.52. The molecule has 0 spiro atoms. The maximum absolute atomic E-state index is 5.27. The molecule has 1 unspecified atom stereocenters. The van der Waals surface area contributed by atoms with Gasteiger partial charge in [0.1, 0.15) is 5.75 Å². The predicted octanol–water partition coefficient (Wildman–Crippen LogP) is 3.37. The monoisotopic (exact) mass is 349 g/mol. The van der Waals surface area contributed by atoms with Crippen LogP contribution in [0, 0.1) is 13.8 Å². The lowest BCUT2D eigenvalue weighted by Gasteiger charge is -2.19. The van der Waals surface area contributed by atoms with E-state index in [-0.39, 0.29) is 6.04 Å². The van der Waals surface area contributed by atoms with Gasteiger partial charge in [0.25, 0.3) is 0 Å². The molecule has 2 aromatic rings. The molecule has 5 heteroatoms. The molecule has 1 N–H and O–H groups in total. The molecule has 0 saturated heterocycles. The van der Waals surface area contributed by atoms with Crippen molar-refractivity contribution < 1.29 is 4.74 Å². The summed E-state index contributed by atoms with van der Waals surface area (Å²) in [6.45, 7) is 3.96. The van der Waals surface area contributed by atoms with Crippen molar-refractivity contribution in [2.24, 2.45) is 0 Å². The van der Waals surface area contributed by atoms with Crippen molar-refractivity contribution >= 4 is 15.9 Å². The molecule has 0 fully saturated rings. The van der Waals surface area contributed by atoms with Gasteiger partial charge in [-0.25, -0.2) is 0 Å². The number of benzene rings is 1. The summed E-state index contributed by atoms with van der Waals surface area (Å²) in [6, 6.07) is 8.47. The van der Waals surface area contributed by atoms with E-state index in [4.69, 9.17) is 4.74 Å². The van der Waals surface area contributed by atoms with Gasteiger partial charge in [0.15, 0.2) is 0 Å². The van der Waals surface area contributed by atoms with Gasteiger partial charge in [0, 0.05) is 6.04 Å². The van der Waals surface area contributed by atoms with Gasteiger partial charge in [-0.1, -0.05) is 6.07 Å². The fourth-order valence-electron chi connectivity index (χ4n) is 2.36. The van der Waals surface area contributed by atoms with Gasteiger partial charge >= 0.3 is 0 Å². The predicted molar refractivity (Wildman–Crippen MR) is 87.7 cm³/mol. The van der Waals surface area contributed by atoms with Crippen molar-refractivity contribution in [3.05, 3.63) is 51.3 Å². The highest BCUT2D eigenvalue weighted by Crippen LogP contribution is 2.28. The van der Waals surface area contributed by atoms with Gasteiger partial charge in [0.05, 0.1) is 23.0 Å². The van der Waals surface area contributed by atoms with Crippen LogP contribution >= 0.6 is 15.9 Å². The van der Waals surface area contributed by atoms with E-state index in [1.807, 2.05) is 27.0 Å². The SMILES string of the molecule is CNC(Cc1ccc(OC)c(Br)c1)c1cc(C)nnc1C. The zero-order valence-electron chi connectivity index (χ0n) is 12.8. The molecule has 0 aliphatic heterocycles. The molecule has 1 heterocycles. The minimum atomic E-state index is 0.208. The summed E-state index contributed by atoms with van der Waals surface area (Å²) in [5.41, 5.74) is 4.33. The second kappa shape index (κ2) is 7.00. The van der Waals surface area contributed by atoms with Crippen LogP contribution in [0.1, 0.15) is 28.6 Å². The number of methoxy groups -OCH3 is 1. The lowest BCUT2D eigenvalue weighted by Crippen LogP contribution is -2.20. The number of hydrogen-bond donors (Lipinski definition) is 1. The Morgan fingerprint density at radius 3 is 2.62 bits per heavy atom. The Bertz CT molecular complexity index is 631. The summed E-state index contributed by atoms with van der Waals surface area (Å²) in [6.07, 6.45) is 0.880. The van der Waals surface area contributed by atoms with Gasteiger partial charge in [0.2, 0.25) is 0 Å². The number of hydrogen-bond acceptors (Lipinski definition) is 4. The Labute approximate surface area is 134 Å². The first kappa shape index (κ1) is 15.9. The van der Waals surface area contributed by atoms with E-state index in [0.717, 1.165) is 28.0 Å². The van der Waals surface area contributed by atoms with Crippen molar-refractivity contribution in [3.63, 3.8) is 0 Å². The average Bonchev–Trinajstić information content (AvgIpc) is 2.47. The number of aryl methyl sites for hydroxylation is 2. The van der Waals surface area contributed by atoms with Crippen molar-refractivity contribution in [1.82, 2.24) is 15.5 Å². The van der Waals surface area contributed by atoms with Gasteiger partial charge < -0.3 is 10.1 Å². The second-order valence-electron chi connectivity index (χ2n) is 5.04. The summed E-state index contributed by atoms with van der Waals surface area (Å²) in [7, 11) is 3.64. The van der Waals surface area contributed by atoms with E-state index >= 15 is 0 Å². The summed E-state index contributed by atoms with van der Waals surface area (Å²) in [5.74, 6) is 0.845. The molecule has 0 aliphatic rings. The Balaban J connectivity index is 2.26. The van der Waals surface area contributed by atoms with E-state index < -0.39 is 0 Å². The molecule has 2 rings (SSSR count). The third-order valence-corrected chi connectivity index (χ3v) is 4.14. The Morgan fingerprint density at radius 2 is 2.00 bits per heavy atom.